The zero-order valence-corrected chi connectivity index (χ0v) is 12.6. The summed E-state index contributed by atoms with van der Waals surface area (Å²) in [5.74, 6) is -0.105. The standard InChI is InChI=1S/C14H20ClN3O2/c1-3-4-7-18-14(15)12(10(2)16-18)5-6-13(20)17-8-11(19)9-17/h5-6,11,19H,3-4,7-9H2,1-2H3/b6-5+. The van der Waals surface area contributed by atoms with Gasteiger partial charge in [0.2, 0.25) is 5.91 Å². The Balaban J connectivity index is 2.05. The minimum atomic E-state index is -0.380. The number of hydrogen-bond acceptors (Lipinski definition) is 3. The number of unbranched alkanes of at least 4 members (excludes halogenated alkanes) is 1. The van der Waals surface area contributed by atoms with Gasteiger partial charge in [-0.25, -0.2) is 0 Å². The number of rotatable bonds is 5. The molecule has 0 saturated carbocycles. The molecule has 5 nitrogen and oxygen atoms in total. The first-order chi connectivity index (χ1) is 9.52. The van der Waals surface area contributed by atoms with Gasteiger partial charge in [-0.3, -0.25) is 9.48 Å². The predicted molar refractivity (Wildman–Crippen MR) is 78.5 cm³/mol. The Kier molecular flexibility index (Phi) is 4.83. The van der Waals surface area contributed by atoms with E-state index in [0.29, 0.717) is 18.2 Å². The summed E-state index contributed by atoms with van der Waals surface area (Å²) in [4.78, 5) is 13.4. The van der Waals surface area contributed by atoms with E-state index in [2.05, 4.69) is 12.0 Å². The summed E-state index contributed by atoms with van der Waals surface area (Å²) in [6.07, 6.45) is 4.92. The molecular weight excluding hydrogens is 278 g/mol. The molecular formula is C14H20ClN3O2. The molecule has 2 rings (SSSR count). The predicted octanol–water partition coefficient (Wildman–Crippen LogP) is 1.86. The molecule has 1 aromatic rings. The fourth-order valence-electron chi connectivity index (χ4n) is 2.11. The van der Waals surface area contributed by atoms with Gasteiger partial charge in [0.1, 0.15) is 5.15 Å². The highest BCUT2D eigenvalue weighted by Gasteiger charge is 2.27. The molecule has 0 atom stereocenters. The van der Waals surface area contributed by atoms with Crippen molar-refractivity contribution in [3.05, 3.63) is 22.5 Å². The molecule has 1 N–H and O–H groups in total. The summed E-state index contributed by atoms with van der Waals surface area (Å²) >= 11 is 6.28. The molecule has 2 heterocycles. The van der Waals surface area contributed by atoms with Crippen molar-refractivity contribution in [2.24, 2.45) is 0 Å². The van der Waals surface area contributed by atoms with E-state index in [0.717, 1.165) is 30.6 Å². The Labute approximate surface area is 123 Å². The van der Waals surface area contributed by atoms with Crippen LogP contribution in [-0.2, 0) is 11.3 Å². The number of β-amino-alcohol motifs (C(OH)–C–C–N with tert-alkyl or cyclic N) is 1. The zero-order valence-electron chi connectivity index (χ0n) is 11.8. The smallest absolute Gasteiger partial charge is 0.246 e. The maximum absolute atomic E-state index is 11.8. The molecule has 20 heavy (non-hydrogen) atoms. The van der Waals surface area contributed by atoms with Crippen molar-refractivity contribution in [1.29, 1.82) is 0 Å². The second kappa shape index (κ2) is 6.41. The molecule has 0 radical (unpaired) electrons. The molecule has 0 unspecified atom stereocenters. The van der Waals surface area contributed by atoms with E-state index in [-0.39, 0.29) is 12.0 Å². The molecule has 0 aromatic carbocycles. The lowest BCUT2D eigenvalue weighted by Gasteiger charge is -2.34. The molecule has 110 valence electrons. The van der Waals surface area contributed by atoms with Gasteiger partial charge in [0.05, 0.1) is 11.8 Å². The number of aliphatic hydroxyl groups excluding tert-OH is 1. The Morgan fingerprint density at radius 2 is 2.25 bits per heavy atom. The monoisotopic (exact) mass is 297 g/mol. The highest BCUT2D eigenvalue weighted by Crippen LogP contribution is 2.22. The van der Waals surface area contributed by atoms with Crippen molar-refractivity contribution in [1.82, 2.24) is 14.7 Å². The molecule has 1 aliphatic rings. The first kappa shape index (κ1) is 15.1. The van der Waals surface area contributed by atoms with Gasteiger partial charge in [-0.2, -0.15) is 5.10 Å². The molecule has 6 heteroatoms. The van der Waals surface area contributed by atoms with Crippen molar-refractivity contribution in [3.63, 3.8) is 0 Å². The van der Waals surface area contributed by atoms with Crippen LogP contribution in [0, 0.1) is 6.92 Å². The Bertz CT molecular complexity index is 519. The van der Waals surface area contributed by atoms with E-state index in [1.165, 1.54) is 6.08 Å². The Hall–Kier alpha value is -1.33. The van der Waals surface area contributed by atoms with Gasteiger partial charge in [-0.05, 0) is 19.4 Å². The van der Waals surface area contributed by atoms with Gasteiger partial charge < -0.3 is 10.0 Å². The van der Waals surface area contributed by atoms with Crippen LogP contribution in [0.1, 0.15) is 31.0 Å². The largest absolute Gasteiger partial charge is 0.389 e. The third-order valence-electron chi connectivity index (χ3n) is 3.40. The van der Waals surface area contributed by atoms with Crippen LogP contribution in [-0.4, -0.2) is 44.9 Å². The van der Waals surface area contributed by atoms with E-state index in [4.69, 9.17) is 11.6 Å². The molecule has 1 fully saturated rings. The summed E-state index contributed by atoms with van der Waals surface area (Å²) in [5.41, 5.74) is 1.61. The van der Waals surface area contributed by atoms with Gasteiger partial charge in [0.15, 0.2) is 0 Å². The molecule has 0 bridgehead atoms. The highest BCUT2D eigenvalue weighted by atomic mass is 35.5. The summed E-state index contributed by atoms with van der Waals surface area (Å²) in [7, 11) is 0. The number of hydrogen-bond donors (Lipinski definition) is 1. The van der Waals surface area contributed by atoms with Gasteiger partial charge >= 0.3 is 0 Å². The number of aryl methyl sites for hydroxylation is 2. The van der Waals surface area contributed by atoms with Crippen LogP contribution in [0.4, 0.5) is 0 Å². The van der Waals surface area contributed by atoms with Crippen LogP contribution < -0.4 is 0 Å². The van der Waals surface area contributed by atoms with Crippen molar-refractivity contribution in [3.8, 4) is 0 Å². The summed E-state index contributed by atoms with van der Waals surface area (Å²) in [6, 6.07) is 0. The molecule has 0 aliphatic carbocycles. The molecule has 0 spiro atoms. The number of halogens is 1. The normalized spacial score (nSPS) is 15.9. The van der Waals surface area contributed by atoms with Crippen molar-refractivity contribution < 1.29 is 9.90 Å². The summed E-state index contributed by atoms with van der Waals surface area (Å²) in [6.45, 7) is 5.60. The number of carbonyl (C=O) groups excluding carboxylic acids is 1. The first-order valence-corrected chi connectivity index (χ1v) is 7.28. The van der Waals surface area contributed by atoms with E-state index >= 15 is 0 Å². The lowest BCUT2D eigenvalue weighted by Crippen LogP contribution is -2.52. The average Bonchev–Trinajstić information content (AvgIpc) is 2.65. The second-order valence-electron chi connectivity index (χ2n) is 5.10. The van der Waals surface area contributed by atoms with Crippen LogP contribution in [0.3, 0.4) is 0 Å². The van der Waals surface area contributed by atoms with E-state index < -0.39 is 0 Å². The third kappa shape index (κ3) is 3.22. The maximum atomic E-state index is 11.8. The highest BCUT2D eigenvalue weighted by molar-refractivity contribution is 6.31. The number of aromatic nitrogens is 2. The fourth-order valence-corrected chi connectivity index (χ4v) is 2.43. The van der Waals surface area contributed by atoms with E-state index in [1.54, 1.807) is 15.7 Å². The zero-order chi connectivity index (χ0) is 14.7. The minimum Gasteiger partial charge on any atom is -0.389 e. The second-order valence-corrected chi connectivity index (χ2v) is 5.45. The van der Waals surface area contributed by atoms with Crippen LogP contribution >= 0.6 is 11.6 Å². The number of aliphatic hydroxyl groups is 1. The first-order valence-electron chi connectivity index (χ1n) is 6.91. The average molecular weight is 298 g/mol. The summed E-state index contributed by atoms with van der Waals surface area (Å²) in [5, 5.41) is 14.1. The SMILES string of the molecule is CCCCn1nc(C)c(/C=C/C(=O)N2CC(O)C2)c1Cl. The number of carbonyl (C=O) groups is 1. The molecule has 1 amide bonds. The van der Waals surface area contributed by atoms with E-state index in [9.17, 15) is 9.90 Å². The number of amides is 1. The van der Waals surface area contributed by atoms with Gasteiger partial charge in [-0.15, -0.1) is 0 Å². The Morgan fingerprint density at radius 1 is 1.55 bits per heavy atom. The molecule has 1 saturated heterocycles. The van der Waals surface area contributed by atoms with Crippen LogP contribution in [0.25, 0.3) is 6.08 Å². The van der Waals surface area contributed by atoms with E-state index in [1.807, 2.05) is 6.92 Å². The lowest BCUT2D eigenvalue weighted by molar-refractivity contribution is -0.135. The quantitative estimate of drug-likeness (QED) is 0.844. The van der Waals surface area contributed by atoms with Crippen LogP contribution in [0.2, 0.25) is 5.15 Å². The Morgan fingerprint density at radius 3 is 2.85 bits per heavy atom. The minimum absolute atomic E-state index is 0.105. The molecule has 1 aromatic heterocycles. The third-order valence-corrected chi connectivity index (χ3v) is 3.80. The topological polar surface area (TPSA) is 58.4 Å². The lowest BCUT2D eigenvalue weighted by atomic mass is 10.1. The fraction of sp³-hybridized carbons (Fsp3) is 0.571. The number of nitrogens with zero attached hydrogens (tertiary/aromatic N) is 3. The number of likely N-dealkylation sites (tertiary alicyclic amines) is 1. The van der Waals surface area contributed by atoms with Gasteiger partial charge in [0, 0.05) is 31.3 Å². The summed E-state index contributed by atoms with van der Waals surface area (Å²) < 4.78 is 1.78. The van der Waals surface area contributed by atoms with Crippen LogP contribution in [0.5, 0.6) is 0 Å². The van der Waals surface area contributed by atoms with Crippen LogP contribution in [0.15, 0.2) is 6.08 Å². The van der Waals surface area contributed by atoms with Crippen molar-refractivity contribution in [2.75, 3.05) is 13.1 Å². The molecule has 1 aliphatic heterocycles. The van der Waals surface area contributed by atoms with Crippen molar-refractivity contribution >= 4 is 23.6 Å². The van der Waals surface area contributed by atoms with Gasteiger partial charge in [-0.1, -0.05) is 24.9 Å². The van der Waals surface area contributed by atoms with Crippen molar-refractivity contribution in [2.45, 2.75) is 39.3 Å². The maximum Gasteiger partial charge on any atom is 0.246 e. The van der Waals surface area contributed by atoms with Gasteiger partial charge in [0.25, 0.3) is 0 Å².